The highest BCUT2D eigenvalue weighted by atomic mass is 19.3. The lowest BCUT2D eigenvalue weighted by molar-refractivity contribution is -0.123. The molecule has 112 valence electrons. The molecule has 0 spiro atoms. The SMILES string of the molecule is CC(NC(=O)[C@H](N)C(C)C)c1ccccc1OC(F)F. The van der Waals surface area contributed by atoms with Gasteiger partial charge in [-0.05, 0) is 18.9 Å². The second-order valence-electron chi connectivity index (χ2n) is 4.92. The zero-order chi connectivity index (χ0) is 15.3. The van der Waals surface area contributed by atoms with Gasteiger partial charge in [0, 0.05) is 5.56 Å². The summed E-state index contributed by atoms with van der Waals surface area (Å²) in [5, 5.41) is 2.70. The number of carbonyl (C=O) groups excluding carboxylic acids is 1. The second kappa shape index (κ2) is 7.19. The zero-order valence-electron chi connectivity index (χ0n) is 11.8. The Kier molecular flexibility index (Phi) is 5.88. The third-order valence-electron chi connectivity index (χ3n) is 2.98. The summed E-state index contributed by atoms with van der Waals surface area (Å²) >= 11 is 0. The van der Waals surface area contributed by atoms with Gasteiger partial charge in [0.1, 0.15) is 5.75 Å². The Morgan fingerprint density at radius 3 is 2.40 bits per heavy atom. The van der Waals surface area contributed by atoms with Crippen LogP contribution in [-0.4, -0.2) is 18.6 Å². The average Bonchev–Trinajstić information content (AvgIpc) is 2.37. The maximum Gasteiger partial charge on any atom is 0.387 e. The molecule has 0 aliphatic heterocycles. The lowest BCUT2D eigenvalue weighted by atomic mass is 10.0. The zero-order valence-corrected chi connectivity index (χ0v) is 11.8. The van der Waals surface area contributed by atoms with Crippen LogP contribution < -0.4 is 15.8 Å². The molecule has 0 aromatic heterocycles. The fourth-order valence-electron chi connectivity index (χ4n) is 1.73. The fraction of sp³-hybridized carbons (Fsp3) is 0.500. The Morgan fingerprint density at radius 1 is 1.25 bits per heavy atom. The summed E-state index contributed by atoms with van der Waals surface area (Å²) in [6, 6.07) is 5.24. The van der Waals surface area contributed by atoms with Crippen LogP contribution in [0.1, 0.15) is 32.4 Å². The lowest BCUT2D eigenvalue weighted by Crippen LogP contribution is -2.44. The van der Waals surface area contributed by atoms with Gasteiger partial charge in [-0.25, -0.2) is 0 Å². The normalized spacial score (nSPS) is 14.2. The Labute approximate surface area is 117 Å². The fourth-order valence-corrected chi connectivity index (χ4v) is 1.73. The van der Waals surface area contributed by atoms with Crippen molar-refractivity contribution in [3.8, 4) is 5.75 Å². The third kappa shape index (κ3) is 4.45. The predicted octanol–water partition coefficient (Wildman–Crippen LogP) is 2.45. The molecule has 0 aliphatic carbocycles. The van der Waals surface area contributed by atoms with E-state index in [4.69, 9.17) is 5.73 Å². The first-order valence-electron chi connectivity index (χ1n) is 6.42. The van der Waals surface area contributed by atoms with Crippen LogP contribution >= 0.6 is 0 Å². The number of alkyl halides is 2. The highest BCUT2D eigenvalue weighted by molar-refractivity contribution is 5.82. The summed E-state index contributed by atoms with van der Waals surface area (Å²) < 4.78 is 29.1. The maximum atomic E-state index is 12.3. The number of amides is 1. The molecule has 6 heteroatoms. The Morgan fingerprint density at radius 2 is 1.85 bits per heavy atom. The molecule has 1 amide bonds. The minimum absolute atomic E-state index is 0.00485. The smallest absolute Gasteiger partial charge is 0.387 e. The van der Waals surface area contributed by atoms with E-state index in [2.05, 4.69) is 10.1 Å². The molecule has 2 atom stereocenters. The number of nitrogens with two attached hydrogens (primary N) is 1. The largest absolute Gasteiger partial charge is 0.434 e. The van der Waals surface area contributed by atoms with E-state index >= 15 is 0 Å². The van der Waals surface area contributed by atoms with E-state index < -0.39 is 18.7 Å². The number of carbonyl (C=O) groups is 1. The molecule has 0 radical (unpaired) electrons. The molecule has 0 saturated heterocycles. The minimum atomic E-state index is -2.91. The van der Waals surface area contributed by atoms with E-state index in [0.717, 1.165) is 0 Å². The van der Waals surface area contributed by atoms with Crippen molar-refractivity contribution >= 4 is 5.91 Å². The van der Waals surface area contributed by atoms with Gasteiger partial charge in [-0.3, -0.25) is 4.79 Å². The molecule has 4 nitrogen and oxygen atoms in total. The molecule has 0 fully saturated rings. The van der Waals surface area contributed by atoms with E-state index in [1.807, 2.05) is 13.8 Å². The van der Waals surface area contributed by atoms with Gasteiger partial charge in [0.05, 0.1) is 12.1 Å². The first-order chi connectivity index (χ1) is 9.32. The maximum absolute atomic E-state index is 12.3. The standard InChI is InChI=1S/C14H20F2N2O2/c1-8(2)12(17)13(19)18-9(3)10-6-4-5-7-11(10)20-14(15)16/h4-9,12,14H,17H2,1-3H3,(H,18,19)/t9?,12-/m1/s1. The predicted molar refractivity (Wildman–Crippen MR) is 72.4 cm³/mol. The van der Waals surface area contributed by atoms with Crippen LogP contribution in [0.2, 0.25) is 0 Å². The average molecular weight is 286 g/mol. The van der Waals surface area contributed by atoms with Crippen LogP contribution in [0.15, 0.2) is 24.3 Å². The van der Waals surface area contributed by atoms with Gasteiger partial charge in [-0.2, -0.15) is 8.78 Å². The monoisotopic (exact) mass is 286 g/mol. The highest BCUT2D eigenvalue weighted by Gasteiger charge is 2.21. The van der Waals surface area contributed by atoms with Gasteiger partial charge >= 0.3 is 6.61 Å². The first kappa shape index (κ1) is 16.4. The van der Waals surface area contributed by atoms with Crippen LogP contribution in [0.3, 0.4) is 0 Å². The quantitative estimate of drug-likeness (QED) is 0.844. The van der Waals surface area contributed by atoms with E-state index in [1.165, 1.54) is 6.07 Å². The molecular formula is C14H20F2N2O2. The Balaban J connectivity index is 2.82. The van der Waals surface area contributed by atoms with Gasteiger partial charge < -0.3 is 15.8 Å². The van der Waals surface area contributed by atoms with Crippen molar-refractivity contribution < 1.29 is 18.3 Å². The molecule has 1 rings (SSSR count). The summed E-state index contributed by atoms with van der Waals surface area (Å²) in [6.07, 6.45) is 0. The Hall–Kier alpha value is -1.69. The van der Waals surface area contributed by atoms with Gasteiger partial charge in [-0.1, -0.05) is 32.0 Å². The number of halogens is 2. The van der Waals surface area contributed by atoms with Crippen LogP contribution in [0.4, 0.5) is 8.78 Å². The summed E-state index contributed by atoms with van der Waals surface area (Å²) in [5.41, 5.74) is 6.23. The summed E-state index contributed by atoms with van der Waals surface area (Å²) in [4.78, 5) is 11.9. The Bertz CT molecular complexity index is 453. The van der Waals surface area contributed by atoms with Crippen molar-refractivity contribution in [2.45, 2.75) is 39.5 Å². The number of nitrogens with one attached hydrogen (secondary N) is 1. The summed E-state index contributed by atoms with van der Waals surface area (Å²) in [7, 11) is 0. The topological polar surface area (TPSA) is 64.4 Å². The number of hydrogen-bond acceptors (Lipinski definition) is 3. The van der Waals surface area contributed by atoms with E-state index in [1.54, 1.807) is 25.1 Å². The van der Waals surface area contributed by atoms with Gasteiger partial charge in [0.15, 0.2) is 0 Å². The molecule has 1 aromatic carbocycles. The summed E-state index contributed by atoms with van der Waals surface area (Å²) in [5.74, 6) is -0.275. The number of ether oxygens (including phenoxy) is 1. The van der Waals surface area contributed by atoms with E-state index in [0.29, 0.717) is 5.56 Å². The molecule has 3 N–H and O–H groups in total. The molecule has 0 aliphatic rings. The van der Waals surface area contributed by atoms with Crippen LogP contribution in [0.5, 0.6) is 5.75 Å². The van der Waals surface area contributed by atoms with Crippen molar-refractivity contribution in [3.63, 3.8) is 0 Å². The van der Waals surface area contributed by atoms with Gasteiger partial charge in [-0.15, -0.1) is 0 Å². The van der Waals surface area contributed by atoms with Crippen molar-refractivity contribution in [3.05, 3.63) is 29.8 Å². The third-order valence-corrected chi connectivity index (χ3v) is 2.98. The van der Waals surface area contributed by atoms with Crippen LogP contribution in [0.25, 0.3) is 0 Å². The number of rotatable bonds is 6. The van der Waals surface area contributed by atoms with E-state index in [9.17, 15) is 13.6 Å². The van der Waals surface area contributed by atoms with Gasteiger partial charge in [0.2, 0.25) is 5.91 Å². The number of hydrogen-bond donors (Lipinski definition) is 2. The molecule has 20 heavy (non-hydrogen) atoms. The molecule has 1 unspecified atom stereocenters. The number of benzene rings is 1. The summed E-state index contributed by atoms with van der Waals surface area (Å²) in [6.45, 7) is 2.46. The van der Waals surface area contributed by atoms with Crippen molar-refractivity contribution in [1.82, 2.24) is 5.32 Å². The molecule has 0 saturated carbocycles. The van der Waals surface area contributed by atoms with Gasteiger partial charge in [0.25, 0.3) is 0 Å². The molecular weight excluding hydrogens is 266 g/mol. The first-order valence-corrected chi connectivity index (χ1v) is 6.42. The lowest BCUT2D eigenvalue weighted by Gasteiger charge is -2.21. The van der Waals surface area contributed by atoms with Crippen LogP contribution in [-0.2, 0) is 4.79 Å². The number of para-hydroxylation sites is 1. The van der Waals surface area contributed by atoms with Crippen LogP contribution in [0, 0.1) is 5.92 Å². The highest BCUT2D eigenvalue weighted by Crippen LogP contribution is 2.26. The molecule has 1 aromatic rings. The second-order valence-corrected chi connectivity index (χ2v) is 4.92. The van der Waals surface area contributed by atoms with Crippen molar-refractivity contribution in [2.75, 3.05) is 0 Å². The molecule has 0 bridgehead atoms. The van der Waals surface area contributed by atoms with Crippen molar-refractivity contribution in [2.24, 2.45) is 11.7 Å². The minimum Gasteiger partial charge on any atom is -0.434 e. The molecule has 0 heterocycles. The van der Waals surface area contributed by atoms with Crippen molar-refractivity contribution in [1.29, 1.82) is 0 Å². The van der Waals surface area contributed by atoms with E-state index in [-0.39, 0.29) is 17.6 Å².